The first-order valence-corrected chi connectivity index (χ1v) is 5.20. The molecule has 84 valence electrons. The Balaban J connectivity index is 2.98. The second kappa shape index (κ2) is 4.80. The quantitative estimate of drug-likeness (QED) is 0.730. The maximum Gasteiger partial charge on any atom is 0.315 e. The molecular weight excluding hydrogens is 202 g/mol. The van der Waals surface area contributed by atoms with Crippen molar-refractivity contribution in [3.8, 4) is 6.07 Å². The number of carbonyl (C=O) groups is 1. The smallest absolute Gasteiger partial charge is 0.315 e. The van der Waals surface area contributed by atoms with Gasteiger partial charge in [0.2, 0.25) is 0 Å². The Kier molecular flexibility index (Phi) is 3.68. The van der Waals surface area contributed by atoms with Crippen molar-refractivity contribution in [3.63, 3.8) is 0 Å². The minimum Gasteiger partial charge on any atom is -0.465 e. The van der Waals surface area contributed by atoms with E-state index in [1.165, 1.54) is 0 Å². The van der Waals surface area contributed by atoms with Gasteiger partial charge in [0.25, 0.3) is 0 Å². The van der Waals surface area contributed by atoms with Crippen LogP contribution in [0.25, 0.3) is 0 Å². The molecule has 0 heterocycles. The third kappa shape index (κ3) is 2.40. The van der Waals surface area contributed by atoms with E-state index in [9.17, 15) is 4.79 Å². The third-order valence-electron chi connectivity index (χ3n) is 2.52. The fraction of sp³-hybridized carbons (Fsp3) is 0.385. The highest BCUT2D eigenvalue weighted by molar-refractivity contribution is 5.82. The first-order valence-electron chi connectivity index (χ1n) is 5.20. The highest BCUT2D eigenvalue weighted by Crippen LogP contribution is 2.24. The normalized spacial score (nSPS) is 10.6. The molecule has 0 aromatic heterocycles. The number of hydrogen-bond acceptors (Lipinski definition) is 3. The fourth-order valence-corrected chi connectivity index (χ4v) is 1.39. The van der Waals surface area contributed by atoms with E-state index in [-0.39, 0.29) is 5.97 Å². The lowest BCUT2D eigenvalue weighted by molar-refractivity contribution is -0.148. The van der Waals surface area contributed by atoms with Crippen molar-refractivity contribution in [1.29, 1.82) is 5.26 Å². The Labute approximate surface area is 95.7 Å². The summed E-state index contributed by atoms with van der Waals surface area (Å²) in [5, 5.41) is 8.68. The average Bonchev–Trinajstić information content (AvgIpc) is 2.29. The van der Waals surface area contributed by atoms with Crippen LogP contribution in [0.4, 0.5) is 0 Å². The van der Waals surface area contributed by atoms with Crippen LogP contribution < -0.4 is 0 Å². The molecule has 0 saturated heterocycles. The molecule has 0 amide bonds. The van der Waals surface area contributed by atoms with Crippen LogP contribution in [0.2, 0.25) is 0 Å². The van der Waals surface area contributed by atoms with Crippen LogP contribution in [0, 0.1) is 11.3 Å². The van der Waals surface area contributed by atoms with Crippen molar-refractivity contribution in [3.05, 3.63) is 35.4 Å². The molecular formula is C13H15NO2. The van der Waals surface area contributed by atoms with Gasteiger partial charge in [0.1, 0.15) is 0 Å². The first-order chi connectivity index (χ1) is 7.52. The van der Waals surface area contributed by atoms with Crippen LogP contribution in [0.1, 0.15) is 31.9 Å². The zero-order valence-electron chi connectivity index (χ0n) is 9.78. The van der Waals surface area contributed by atoms with Gasteiger partial charge >= 0.3 is 5.97 Å². The van der Waals surface area contributed by atoms with Gasteiger partial charge in [-0.1, -0.05) is 12.1 Å². The number of nitriles is 1. The van der Waals surface area contributed by atoms with Crippen molar-refractivity contribution < 1.29 is 9.53 Å². The number of carbonyl (C=O) groups excluding carboxylic acids is 1. The number of benzene rings is 1. The first kappa shape index (κ1) is 12.3. The summed E-state index contributed by atoms with van der Waals surface area (Å²) in [5.74, 6) is -0.250. The fourth-order valence-electron chi connectivity index (χ4n) is 1.39. The molecule has 1 rings (SSSR count). The number of esters is 1. The van der Waals surface area contributed by atoms with E-state index < -0.39 is 5.41 Å². The molecule has 3 heteroatoms. The predicted molar refractivity (Wildman–Crippen MR) is 60.8 cm³/mol. The molecule has 0 spiro atoms. The summed E-state index contributed by atoms with van der Waals surface area (Å²) in [4.78, 5) is 11.7. The van der Waals surface area contributed by atoms with Crippen molar-refractivity contribution in [1.82, 2.24) is 0 Å². The van der Waals surface area contributed by atoms with Crippen molar-refractivity contribution in [2.24, 2.45) is 0 Å². The number of rotatable bonds is 3. The Morgan fingerprint density at radius 3 is 2.38 bits per heavy atom. The standard InChI is InChI=1S/C13H15NO2/c1-4-16-12(15)13(2,3)11-7-5-10(9-14)6-8-11/h5-8H,4H2,1-3H3. The molecule has 0 aliphatic rings. The molecule has 0 saturated carbocycles. The monoisotopic (exact) mass is 217 g/mol. The summed E-state index contributed by atoms with van der Waals surface area (Å²) in [6.07, 6.45) is 0. The van der Waals surface area contributed by atoms with Crippen LogP contribution in [0.3, 0.4) is 0 Å². The molecule has 1 aromatic rings. The summed E-state index contributed by atoms with van der Waals surface area (Å²) in [5.41, 5.74) is 0.762. The molecule has 1 aromatic carbocycles. The van der Waals surface area contributed by atoms with E-state index in [0.29, 0.717) is 12.2 Å². The van der Waals surface area contributed by atoms with Gasteiger partial charge in [0, 0.05) is 0 Å². The molecule has 0 aliphatic carbocycles. The van der Waals surface area contributed by atoms with Crippen LogP contribution in [-0.4, -0.2) is 12.6 Å². The zero-order chi connectivity index (χ0) is 12.2. The molecule has 0 radical (unpaired) electrons. The van der Waals surface area contributed by atoms with Crippen LogP contribution in [-0.2, 0) is 14.9 Å². The van der Waals surface area contributed by atoms with Gasteiger partial charge in [-0.3, -0.25) is 4.79 Å². The minimum atomic E-state index is -0.677. The van der Waals surface area contributed by atoms with Crippen molar-refractivity contribution >= 4 is 5.97 Å². The van der Waals surface area contributed by atoms with Gasteiger partial charge in [-0.25, -0.2) is 0 Å². The van der Waals surface area contributed by atoms with Gasteiger partial charge < -0.3 is 4.74 Å². The lowest BCUT2D eigenvalue weighted by atomic mass is 9.84. The second-order valence-corrected chi connectivity index (χ2v) is 4.03. The molecule has 0 atom stereocenters. The summed E-state index contributed by atoms with van der Waals surface area (Å²) in [6, 6.07) is 9.03. The molecule has 16 heavy (non-hydrogen) atoms. The second-order valence-electron chi connectivity index (χ2n) is 4.03. The highest BCUT2D eigenvalue weighted by Gasteiger charge is 2.31. The van der Waals surface area contributed by atoms with Gasteiger partial charge in [-0.05, 0) is 38.5 Å². The summed E-state index contributed by atoms with van der Waals surface area (Å²) < 4.78 is 5.01. The van der Waals surface area contributed by atoms with E-state index in [1.54, 1.807) is 31.2 Å². The van der Waals surface area contributed by atoms with E-state index in [2.05, 4.69) is 0 Å². The maximum atomic E-state index is 11.7. The molecule has 0 fully saturated rings. The van der Waals surface area contributed by atoms with Gasteiger partial charge in [0.05, 0.1) is 23.7 Å². The van der Waals surface area contributed by atoms with E-state index in [0.717, 1.165) is 5.56 Å². The largest absolute Gasteiger partial charge is 0.465 e. The molecule has 0 aliphatic heterocycles. The highest BCUT2D eigenvalue weighted by atomic mass is 16.5. The van der Waals surface area contributed by atoms with E-state index in [1.807, 2.05) is 19.9 Å². The third-order valence-corrected chi connectivity index (χ3v) is 2.52. The summed E-state index contributed by atoms with van der Waals surface area (Å²) in [6.45, 7) is 5.78. The Morgan fingerprint density at radius 2 is 1.94 bits per heavy atom. The number of ether oxygens (including phenoxy) is 1. The maximum absolute atomic E-state index is 11.7. The van der Waals surface area contributed by atoms with Gasteiger partial charge in [-0.15, -0.1) is 0 Å². The predicted octanol–water partition coefficient (Wildman–Crippen LogP) is 2.40. The Bertz CT molecular complexity index is 413. The molecule has 0 N–H and O–H groups in total. The van der Waals surface area contributed by atoms with E-state index >= 15 is 0 Å². The van der Waals surface area contributed by atoms with Crippen molar-refractivity contribution in [2.75, 3.05) is 6.61 Å². The van der Waals surface area contributed by atoms with Crippen molar-refractivity contribution in [2.45, 2.75) is 26.2 Å². The van der Waals surface area contributed by atoms with Gasteiger partial charge in [0.15, 0.2) is 0 Å². The lowest BCUT2D eigenvalue weighted by Crippen LogP contribution is -2.31. The molecule has 0 bridgehead atoms. The van der Waals surface area contributed by atoms with Crippen LogP contribution >= 0.6 is 0 Å². The lowest BCUT2D eigenvalue weighted by Gasteiger charge is -2.22. The molecule has 0 unspecified atom stereocenters. The van der Waals surface area contributed by atoms with Gasteiger partial charge in [-0.2, -0.15) is 5.26 Å². The number of hydrogen-bond donors (Lipinski definition) is 0. The topological polar surface area (TPSA) is 50.1 Å². The SMILES string of the molecule is CCOC(=O)C(C)(C)c1ccc(C#N)cc1. The van der Waals surface area contributed by atoms with Crippen LogP contribution in [0.5, 0.6) is 0 Å². The Morgan fingerprint density at radius 1 is 1.38 bits per heavy atom. The molecule has 3 nitrogen and oxygen atoms in total. The average molecular weight is 217 g/mol. The zero-order valence-corrected chi connectivity index (χ0v) is 9.78. The summed E-state index contributed by atoms with van der Waals surface area (Å²) in [7, 11) is 0. The van der Waals surface area contributed by atoms with E-state index in [4.69, 9.17) is 10.00 Å². The van der Waals surface area contributed by atoms with Crippen LogP contribution in [0.15, 0.2) is 24.3 Å². The Hall–Kier alpha value is -1.82. The number of nitrogens with zero attached hydrogens (tertiary/aromatic N) is 1. The minimum absolute atomic E-state index is 0.250. The summed E-state index contributed by atoms with van der Waals surface area (Å²) >= 11 is 0.